The Balaban J connectivity index is 0.00000408. The molecule has 6 heteroatoms. The number of imidazole rings is 1. The Morgan fingerprint density at radius 2 is 1.29 bits per heavy atom. The molecule has 0 spiro atoms. The minimum atomic E-state index is -0.0977. The minimum Gasteiger partial charge on any atom is -0.656 e. The molecule has 0 radical (unpaired) electrons. The summed E-state index contributed by atoms with van der Waals surface area (Å²) in [5.74, 6) is 1.71. The van der Waals surface area contributed by atoms with E-state index in [1.807, 2.05) is 18.3 Å². The standard InChI is InChI=1S/C52H37N5.Pt/c1-52(2,3)43-32-47-42(31-41(43)33-16-6-4-7-17-33)38-28-27-34(30-46(38)57(47)48-26-12-13-29-53-48)36-21-15-25-45-50(36)55-51(56(45)35-18-8-5-9-19-35)40-23-14-22-39-37-20-10-11-24-44(37)54-49(39)40;/h4-29,31-32H,1-3H3;/q-2;+2. The molecule has 0 unspecified atom stereocenters. The minimum absolute atomic E-state index is 0. The molecule has 0 aliphatic carbocycles. The zero-order chi connectivity index (χ0) is 38.3. The summed E-state index contributed by atoms with van der Waals surface area (Å²) in [5.41, 5.74) is 13.6. The fraction of sp³-hybridized carbons (Fsp3) is 0.0769. The zero-order valence-corrected chi connectivity index (χ0v) is 34.5. The molecule has 4 heterocycles. The fourth-order valence-electron chi connectivity index (χ4n) is 8.66. The van der Waals surface area contributed by atoms with Gasteiger partial charge < -0.3 is 9.55 Å². The number of hydrogen-bond acceptors (Lipinski definition) is 2. The van der Waals surface area contributed by atoms with E-state index in [0.29, 0.717) is 0 Å². The van der Waals surface area contributed by atoms with Crippen molar-refractivity contribution >= 4 is 54.6 Å². The van der Waals surface area contributed by atoms with Crippen molar-refractivity contribution in [3.8, 4) is 45.1 Å². The van der Waals surface area contributed by atoms with Gasteiger partial charge in [0.2, 0.25) is 0 Å². The molecule has 11 rings (SSSR count). The van der Waals surface area contributed by atoms with Gasteiger partial charge in [0.05, 0.1) is 11.0 Å². The van der Waals surface area contributed by atoms with E-state index in [0.717, 1.165) is 83.3 Å². The Labute approximate surface area is 350 Å². The average Bonchev–Trinajstić information content (AvgIpc) is 3.93. The molecule has 5 nitrogen and oxygen atoms in total. The van der Waals surface area contributed by atoms with Crippen molar-refractivity contribution in [3.63, 3.8) is 0 Å². The van der Waals surface area contributed by atoms with Gasteiger partial charge in [-0.05, 0) is 80.2 Å². The molecular formula is C52H37N5Pt. The molecule has 7 aromatic carbocycles. The van der Waals surface area contributed by atoms with Crippen LogP contribution in [0.2, 0.25) is 0 Å². The first-order valence-electron chi connectivity index (χ1n) is 19.5. The summed E-state index contributed by atoms with van der Waals surface area (Å²) in [4.78, 5) is 15.6. The maximum Gasteiger partial charge on any atom is 2.00 e. The second kappa shape index (κ2) is 13.8. The van der Waals surface area contributed by atoms with Crippen LogP contribution in [0.25, 0.3) is 99.8 Å². The van der Waals surface area contributed by atoms with Crippen molar-refractivity contribution in [2.24, 2.45) is 0 Å². The van der Waals surface area contributed by atoms with E-state index >= 15 is 0 Å². The largest absolute Gasteiger partial charge is 2.00 e. The van der Waals surface area contributed by atoms with Crippen LogP contribution in [0, 0.1) is 6.07 Å². The van der Waals surface area contributed by atoms with Crippen LogP contribution in [-0.2, 0) is 26.5 Å². The molecule has 0 saturated carbocycles. The molecule has 0 saturated heterocycles. The van der Waals surface area contributed by atoms with Crippen LogP contribution in [0.15, 0.2) is 170 Å². The summed E-state index contributed by atoms with van der Waals surface area (Å²) in [5, 5.41) is 4.57. The molecular weight excluding hydrogens is 890 g/mol. The molecule has 4 aromatic heterocycles. The quantitative estimate of drug-likeness (QED) is 0.162. The summed E-state index contributed by atoms with van der Waals surface area (Å²) in [6.07, 6.45) is 1.86. The third-order valence-corrected chi connectivity index (χ3v) is 11.3. The van der Waals surface area contributed by atoms with Gasteiger partial charge in [-0.3, -0.25) is 4.57 Å². The molecule has 0 N–H and O–H groups in total. The number of para-hydroxylation sites is 4. The van der Waals surface area contributed by atoms with Crippen LogP contribution in [0.5, 0.6) is 0 Å². The molecule has 0 bridgehead atoms. The second-order valence-corrected chi connectivity index (χ2v) is 15.8. The van der Waals surface area contributed by atoms with Crippen molar-refractivity contribution in [3.05, 3.63) is 182 Å². The Morgan fingerprint density at radius 3 is 2.09 bits per heavy atom. The summed E-state index contributed by atoms with van der Waals surface area (Å²) < 4.78 is 4.55. The van der Waals surface area contributed by atoms with Crippen molar-refractivity contribution in [1.29, 1.82) is 0 Å². The third kappa shape index (κ3) is 5.64. The summed E-state index contributed by atoms with van der Waals surface area (Å²) in [6.45, 7) is 6.87. The van der Waals surface area contributed by atoms with Crippen molar-refractivity contribution in [2.45, 2.75) is 26.2 Å². The molecule has 0 aliphatic rings. The molecule has 280 valence electrons. The molecule has 0 aliphatic heterocycles. The van der Waals surface area contributed by atoms with E-state index in [1.54, 1.807) is 0 Å². The first-order chi connectivity index (χ1) is 27.9. The van der Waals surface area contributed by atoms with Crippen LogP contribution >= 0.6 is 0 Å². The van der Waals surface area contributed by atoms with Gasteiger partial charge in [0.25, 0.3) is 0 Å². The topological polar surface area (TPSA) is 49.7 Å². The number of fused-ring (bicyclic) bond motifs is 7. The number of pyridine rings is 1. The number of nitrogens with zero attached hydrogens (tertiary/aromatic N) is 5. The Hall–Kier alpha value is -6.55. The molecule has 0 fully saturated rings. The number of aromatic nitrogens is 5. The monoisotopic (exact) mass is 926 g/mol. The zero-order valence-electron chi connectivity index (χ0n) is 32.2. The normalized spacial score (nSPS) is 11.9. The van der Waals surface area contributed by atoms with Gasteiger partial charge in [0, 0.05) is 23.0 Å². The molecule has 58 heavy (non-hydrogen) atoms. The second-order valence-electron chi connectivity index (χ2n) is 15.8. The smallest absolute Gasteiger partial charge is 0.656 e. The average molecular weight is 927 g/mol. The van der Waals surface area contributed by atoms with E-state index in [9.17, 15) is 0 Å². The van der Waals surface area contributed by atoms with Gasteiger partial charge in [-0.25, -0.2) is 9.97 Å². The van der Waals surface area contributed by atoms with Crippen LogP contribution in [-0.4, -0.2) is 19.1 Å². The Morgan fingerprint density at radius 1 is 0.569 bits per heavy atom. The predicted octanol–water partition coefficient (Wildman–Crippen LogP) is 12.9. The van der Waals surface area contributed by atoms with E-state index in [1.165, 1.54) is 22.1 Å². The first kappa shape index (κ1) is 35.8. The first-order valence-corrected chi connectivity index (χ1v) is 19.5. The van der Waals surface area contributed by atoms with Crippen LogP contribution in [0.4, 0.5) is 0 Å². The maximum absolute atomic E-state index is 5.53. The van der Waals surface area contributed by atoms with Crippen LogP contribution < -0.4 is 4.98 Å². The van der Waals surface area contributed by atoms with Crippen molar-refractivity contribution < 1.29 is 21.1 Å². The van der Waals surface area contributed by atoms with Crippen LogP contribution in [0.3, 0.4) is 0 Å². The fourth-order valence-corrected chi connectivity index (χ4v) is 8.66. The van der Waals surface area contributed by atoms with E-state index in [-0.39, 0.29) is 26.5 Å². The number of benzene rings is 7. The SMILES string of the molecule is CC(C)(C)c1cc2c(cc1-c1ccccc1)c1ccc(-c3cccc4c3nc(-c3cccc5c3[n-]c3ccccc35)n4-c3ccccc3)[c-]c1n2-c1ccccn1.[Pt+2]. The Bertz CT molecular complexity index is 3310. The van der Waals surface area contributed by atoms with Gasteiger partial charge in [-0.2, -0.15) is 0 Å². The third-order valence-electron chi connectivity index (χ3n) is 11.3. The Kier molecular flexibility index (Phi) is 8.54. The molecule has 0 amide bonds. The molecule has 11 aromatic rings. The van der Waals surface area contributed by atoms with Crippen LogP contribution in [0.1, 0.15) is 26.3 Å². The van der Waals surface area contributed by atoms with E-state index in [2.05, 4.69) is 188 Å². The van der Waals surface area contributed by atoms with Gasteiger partial charge in [0.1, 0.15) is 11.6 Å². The van der Waals surface area contributed by atoms with Gasteiger partial charge in [0.15, 0.2) is 0 Å². The maximum atomic E-state index is 5.53. The summed E-state index contributed by atoms with van der Waals surface area (Å²) in [7, 11) is 0. The number of hydrogen-bond donors (Lipinski definition) is 0. The van der Waals surface area contributed by atoms with Crippen molar-refractivity contribution in [2.75, 3.05) is 0 Å². The van der Waals surface area contributed by atoms with Gasteiger partial charge in [-0.15, -0.1) is 34.8 Å². The summed E-state index contributed by atoms with van der Waals surface area (Å²) in [6, 6.07) is 61.7. The van der Waals surface area contributed by atoms with E-state index in [4.69, 9.17) is 15.0 Å². The predicted molar refractivity (Wildman–Crippen MR) is 235 cm³/mol. The van der Waals surface area contributed by atoms with Crippen molar-refractivity contribution in [1.82, 2.24) is 24.1 Å². The molecule has 0 atom stereocenters. The van der Waals surface area contributed by atoms with E-state index < -0.39 is 0 Å². The van der Waals surface area contributed by atoms with Gasteiger partial charge in [-0.1, -0.05) is 147 Å². The number of rotatable bonds is 5. The summed E-state index contributed by atoms with van der Waals surface area (Å²) >= 11 is 0. The van der Waals surface area contributed by atoms with Gasteiger partial charge >= 0.3 is 21.1 Å².